The highest BCUT2D eigenvalue weighted by molar-refractivity contribution is 6.07. The lowest BCUT2D eigenvalue weighted by Crippen LogP contribution is -1.96. The number of carbonyl (C=O) groups excluding carboxylic acids is 1. The van der Waals surface area contributed by atoms with E-state index in [4.69, 9.17) is 14.2 Å². The first-order valence-electron chi connectivity index (χ1n) is 11.6. The van der Waals surface area contributed by atoms with Crippen LogP contribution in [-0.2, 0) is 0 Å². The topological polar surface area (TPSA) is 44.8 Å². The van der Waals surface area contributed by atoms with E-state index in [1.165, 1.54) is 0 Å². The van der Waals surface area contributed by atoms with E-state index in [0.29, 0.717) is 17.1 Å². The molecule has 0 saturated heterocycles. The normalized spacial score (nSPS) is 11.1. The Bertz CT molecular complexity index is 1370. The molecule has 4 nitrogen and oxygen atoms in total. The summed E-state index contributed by atoms with van der Waals surface area (Å²) < 4.78 is 16.3. The molecule has 4 aromatic carbocycles. The number of allylic oxidation sites excluding steroid dienone is 1. The van der Waals surface area contributed by atoms with Crippen molar-refractivity contribution in [2.24, 2.45) is 0 Å². The van der Waals surface area contributed by atoms with Gasteiger partial charge in [-0.05, 0) is 52.6 Å². The van der Waals surface area contributed by atoms with Gasteiger partial charge in [-0.1, -0.05) is 78.9 Å². The van der Waals surface area contributed by atoms with Gasteiger partial charge in [-0.25, -0.2) is 0 Å². The highest BCUT2D eigenvalue weighted by Gasteiger charge is 2.10. The van der Waals surface area contributed by atoms with Crippen LogP contribution in [0.5, 0.6) is 17.2 Å². The van der Waals surface area contributed by atoms with Gasteiger partial charge in [0.25, 0.3) is 0 Å². The molecule has 4 rings (SSSR count). The molecule has 0 aliphatic heterocycles. The molecule has 180 valence electrons. The summed E-state index contributed by atoms with van der Waals surface area (Å²) >= 11 is 0. The van der Waals surface area contributed by atoms with Crippen LogP contribution in [0.15, 0.2) is 97.1 Å². The number of rotatable bonds is 9. The average Bonchev–Trinajstić information content (AvgIpc) is 2.95. The van der Waals surface area contributed by atoms with Crippen molar-refractivity contribution in [2.75, 3.05) is 21.3 Å². The number of benzene rings is 4. The molecule has 0 fully saturated rings. The van der Waals surface area contributed by atoms with Crippen molar-refractivity contribution in [3.63, 3.8) is 0 Å². The van der Waals surface area contributed by atoms with Gasteiger partial charge in [-0.15, -0.1) is 0 Å². The number of methoxy groups -OCH3 is 3. The Balaban J connectivity index is 1.61. The van der Waals surface area contributed by atoms with Crippen molar-refractivity contribution in [1.29, 1.82) is 0 Å². The number of carbonyl (C=O) groups is 1. The van der Waals surface area contributed by atoms with Gasteiger partial charge >= 0.3 is 0 Å². The quantitative estimate of drug-likeness (QED) is 0.143. The minimum absolute atomic E-state index is 0.0856. The molecule has 4 aromatic rings. The molecule has 0 atom stereocenters. The van der Waals surface area contributed by atoms with Gasteiger partial charge in [-0.2, -0.15) is 0 Å². The Morgan fingerprint density at radius 1 is 0.639 bits per heavy atom. The molecular weight excluding hydrogens is 448 g/mol. The second-order valence-electron chi connectivity index (χ2n) is 8.08. The summed E-state index contributed by atoms with van der Waals surface area (Å²) in [6.07, 6.45) is 7.34. The summed E-state index contributed by atoms with van der Waals surface area (Å²) in [6, 6.07) is 29.2. The number of ether oxygens (including phenoxy) is 3. The summed E-state index contributed by atoms with van der Waals surface area (Å²) in [6.45, 7) is 0. The predicted molar refractivity (Wildman–Crippen MR) is 147 cm³/mol. The predicted octanol–water partition coefficient (Wildman–Crippen LogP) is 7.45. The summed E-state index contributed by atoms with van der Waals surface area (Å²) in [5, 5.41) is 0. The standard InChI is InChI=1S/C32H28O4/c1-34-28-17-10-23(11-18-28)9-12-27-21-29(35-2)22-32(36-3)30(27)19-20-31(33)26-15-13-25(14-16-26)24-7-5-4-6-8-24/h4-22H,1-3H3/b12-9+,20-19+. The molecule has 0 aliphatic rings. The van der Waals surface area contributed by atoms with Crippen LogP contribution < -0.4 is 14.2 Å². The van der Waals surface area contributed by atoms with E-state index in [0.717, 1.165) is 33.6 Å². The second kappa shape index (κ2) is 11.7. The molecule has 0 spiro atoms. The summed E-state index contributed by atoms with van der Waals surface area (Å²) in [5.41, 5.74) is 5.47. The first-order valence-corrected chi connectivity index (χ1v) is 11.6. The van der Waals surface area contributed by atoms with Crippen LogP contribution >= 0.6 is 0 Å². The van der Waals surface area contributed by atoms with Gasteiger partial charge in [0, 0.05) is 17.2 Å². The molecule has 0 saturated carbocycles. The molecular formula is C32H28O4. The number of hydrogen-bond donors (Lipinski definition) is 0. The Hall–Kier alpha value is -4.57. The van der Waals surface area contributed by atoms with Gasteiger partial charge < -0.3 is 14.2 Å². The zero-order valence-electron chi connectivity index (χ0n) is 20.6. The molecule has 36 heavy (non-hydrogen) atoms. The maximum atomic E-state index is 13.0. The largest absolute Gasteiger partial charge is 0.497 e. The van der Waals surface area contributed by atoms with Crippen molar-refractivity contribution >= 4 is 24.0 Å². The zero-order chi connectivity index (χ0) is 25.3. The van der Waals surface area contributed by atoms with Crippen molar-refractivity contribution < 1.29 is 19.0 Å². The maximum absolute atomic E-state index is 13.0. The molecule has 4 heteroatoms. The lowest BCUT2D eigenvalue weighted by molar-refractivity contribution is 0.104. The Kier molecular flexibility index (Phi) is 7.99. The van der Waals surface area contributed by atoms with Crippen LogP contribution in [-0.4, -0.2) is 27.1 Å². The molecule has 0 aromatic heterocycles. The third kappa shape index (κ3) is 5.91. The Morgan fingerprint density at radius 2 is 1.31 bits per heavy atom. The minimum Gasteiger partial charge on any atom is -0.497 e. The van der Waals surface area contributed by atoms with Gasteiger partial charge in [0.1, 0.15) is 17.2 Å². The first kappa shape index (κ1) is 24.6. The van der Waals surface area contributed by atoms with E-state index < -0.39 is 0 Å². The van der Waals surface area contributed by atoms with E-state index in [-0.39, 0.29) is 5.78 Å². The van der Waals surface area contributed by atoms with E-state index in [9.17, 15) is 4.79 Å². The van der Waals surface area contributed by atoms with Crippen LogP contribution in [0.1, 0.15) is 27.0 Å². The highest BCUT2D eigenvalue weighted by Crippen LogP contribution is 2.32. The molecule has 0 heterocycles. The smallest absolute Gasteiger partial charge is 0.185 e. The fourth-order valence-corrected chi connectivity index (χ4v) is 3.84. The van der Waals surface area contributed by atoms with Crippen LogP contribution in [0.25, 0.3) is 29.4 Å². The molecule has 0 radical (unpaired) electrons. The molecule has 0 unspecified atom stereocenters. The SMILES string of the molecule is COc1ccc(/C=C/c2cc(OC)cc(OC)c2/C=C/C(=O)c2ccc(-c3ccccc3)cc2)cc1. The van der Waals surface area contributed by atoms with E-state index in [1.807, 2.05) is 103 Å². The number of hydrogen-bond acceptors (Lipinski definition) is 4. The first-order chi connectivity index (χ1) is 17.6. The van der Waals surface area contributed by atoms with E-state index >= 15 is 0 Å². The second-order valence-corrected chi connectivity index (χ2v) is 8.08. The van der Waals surface area contributed by atoms with Crippen LogP contribution in [0.3, 0.4) is 0 Å². The van der Waals surface area contributed by atoms with Crippen LogP contribution in [0.4, 0.5) is 0 Å². The van der Waals surface area contributed by atoms with Gasteiger partial charge in [0.15, 0.2) is 5.78 Å². The Morgan fingerprint density at radius 3 is 1.94 bits per heavy atom. The monoisotopic (exact) mass is 476 g/mol. The molecule has 0 bridgehead atoms. The van der Waals surface area contributed by atoms with Crippen molar-refractivity contribution in [1.82, 2.24) is 0 Å². The lowest BCUT2D eigenvalue weighted by atomic mass is 10.0. The lowest BCUT2D eigenvalue weighted by Gasteiger charge is -2.11. The van der Waals surface area contributed by atoms with Gasteiger partial charge in [0.05, 0.1) is 21.3 Å². The Labute approximate surface area is 212 Å². The van der Waals surface area contributed by atoms with Gasteiger partial charge in [0.2, 0.25) is 0 Å². The van der Waals surface area contributed by atoms with E-state index in [1.54, 1.807) is 33.5 Å². The summed E-state index contributed by atoms with van der Waals surface area (Å²) in [4.78, 5) is 13.0. The molecule has 0 aliphatic carbocycles. The van der Waals surface area contributed by atoms with Gasteiger partial charge in [-0.3, -0.25) is 4.79 Å². The fraction of sp³-hybridized carbons (Fsp3) is 0.0938. The summed E-state index contributed by atoms with van der Waals surface area (Å²) in [7, 11) is 4.86. The van der Waals surface area contributed by atoms with Crippen molar-refractivity contribution in [3.05, 3.63) is 119 Å². The van der Waals surface area contributed by atoms with Crippen LogP contribution in [0.2, 0.25) is 0 Å². The van der Waals surface area contributed by atoms with E-state index in [2.05, 4.69) is 0 Å². The molecule has 0 amide bonds. The molecule has 0 N–H and O–H groups in total. The number of ketones is 1. The minimum atomic E-state index is -0.0856. The van der Waals surface area contributed by atoms with Crippen molar-refractivity contribution in [3.8, 4) is 28.4 Å². The maximum Gasteiger partial charge on any atom is 0.185 e. The summed E-state index contributed by atoms with van der Waals surface area (Å²) in [5.74, 6) is 2.00. The highest BCUT2D eigenvalue weighted by atomic mass is 16.5. The van der Waals surface area contributed by atoms with Crippen molar-refractivity contribution in [2.45, 2.75) is 0 Å². The average molecular weight is 477 g/mol. The fourth-order valence-electron chi connectivity index (χ4n) is 3.84. The van der Waals surface area contributed by atoms with Crippen LogP contribution in [0, 0.1) is 0 Å². The zero-order valence-corrected chi connectivity index (χ0v) is 20.6. The third-order valence-corrected chi connectivity index (χ3v) is 5.85. The third-order valence-electron chi connectivity index (χ3n) is 5.85.